The summed E-state index contributed by atoms with van der Waals surface area (Å²) in [5, 5.41) is 0. The number of carbonyl (C=O) groups excluding carboxylic acids is 1. The Kier molecular flexibility index (Phi) is 3.25. The number of ether oxygens (including phenoxy) is 1. The smallest absolute Gasteiger partial charge is 0.316 e. The molecule has 3 nitrogen and oxygen atoms in total. The van der Waals surface area contributed by atoms with Crippen molar-refractivity contribution >= 4 is 24.1 Å². The number of carbonyl (C=O) groups is 1. The highest BCUT2D eigenvalue weighted by molar-refractivity contribution is 5.88. The monoisotopic (exact) mass is 227 g/mol. The molecule has 0 amide bonds. The van der Waals surface area contributed by atoms with Crippen LogP contribution in [0.2, 0.25) is 0 Å². The Morgan fingerprint density at radius 1 is 1.40 bits per heavy atom. The molecule has 0 saturated heterocycles. The number of nitrogens with two attached hydrogens (primary N) is 1. The number of halogens is 1. The maximum atomic E-state index is 11.6. The molecule has 0 heterocycles. The quantitative estimate of drug-likeness (QED) is 0.620. The molecule has 15 heavy (non-hydrogen) atoms. The van der Waals surface area contributed by atoms with Gasteiger partial charge in [0.1, 0.15) is 0 Å². The molecule has 1 aromatic rings. The molecular weight excluding hydrogens is 214 g/mol. The van der Waals surface area contributed by atoms with Crippen molar-refractivity contribution in [1.82, 2.24) is 0 Å². The van der Waals surface area contributed by atoms with Gasteiger partial charge in [-0.2, -0.15) is 0 Å². The Balaban J connectivity index is 0.00000112. The number of hydrogen-bond acceptors (Lipinski definition) is 3. The Morgan fingerprint density at radius 3 is 2.47 bits per heavy atom. The van der Waals surface area contributed by atoms with Crippen LogP contribution in [0.1, 0.15) is 18.4 Å². The average Bonchev–Trinajstić information content (AvgIpc) is 2.98. The SMILES string of the molecule is COC(=O)C1(c2ccccc2N)CC1.Cl. The van der Waals surface area contributed by atoms with Crippen molar-refractivity contribution in [3.8, 4) is 0 Å². The second-order valence-corrected chi connectivity index (χ2v) is 3.66. The zero-order chi connectivity index (χ0) is 10.2. The summed E-state index contributed by atoms with van der Waals surface area (Å²) in [5.74, 6) is -0.171. The van der Waals surface area contributed by atoms with Crippen molar-refractivity contribution in [3.63, 3.8) is 0 Å². The van der Waals surface area contributed by atoms with Crippen LogP contribution in [0.25, 0.3) is 0 Å². The summed E-state index contributed by atoms with van der Waals surface area (Å²) in [6.45, 7) is 0. The van der Waals surface area contributed by atoms with Crippen LogP contribution in [-0.4, -0.2) is 13.1 Å². The fraction of sp³-hybridized carbons (Fsp3) is 0.364. The number of rotatable bonds is 2. The zero-order valence-electron chi connectivity index (χ0n) is 8.53. The van der Waals surface area contributed by atoms with Gasteiger partial charge in [-0.05, 0) is 24.5 Å². The Morgan fingerprint density at radius 2 is 2.00 bits per heavy atom. The van der Waals surface area contributed by atoms with E-state index in [9.17, 15) is 4.79 Å². The Labute approximate surface area is 95.0 Å². The summed E-state index contributed by atoms with van der Waals surface area (Å²) in [6.07, 6.45) is 1.68. The van der Waals surface area contributed by atoms with E-state index in [-0.39, 0.29) is 18.4 Å². The molecule has 1 saturated carbocycles. The van der Waals surface area contributed by atoms with E-state index in [4.69, 9.17) is 10.5 Å². The lowest BCUT2D eigenvalue weighted by molar-refractivity contribution is -0.143. The van der Waals surface area contributed by atoms with Gasteiger partial charge in [0.15, 0.2) is 0 Å². The van der Waals surface area contributed by atoms with Crippen molar-refractivity contribution in [3.05, 3.63) is 29.8 Å². The molecule has 1 aliphatic rings. The van der Waals surface area contributed by atoms with Crippen LogP contribution in [0.5, 0.6) is 0 Å². The first-order chi connectivity index (χ1) is 6.70. The van der Waals surface area contributed by atoms with E-state index in [1.807, 2.05) is 24.3 Å². The van der Waals surface area contributed by atoms with Crippen LogP contribution < -0.4 is 5.73 Å². The summed E-state index contributed by atoms with van der Waals surface area (Å²) >= 11 is 0. The highest BCUT2D eigenvalue weighted by Crippen LogP contribution is 2.50. The zero-order valence-corrected chi connectivity index (χ0v) is 9.34. The van der Waals surface area contributed by atoms with Gasteiger partial charge in [-0.3, -0.25) is 4.79 Å². The van der Waals surface area contributed by atoms with Crippen molar-refractivity contribution in [2.24, 2.45) is 0 Å². The van der Waals surface area contributed by atoms with Crippen molar-refractivity contribution < 1.29 is 9.53 Å². The number of benzene rings is 1. The van der Waals surface area contributed by atoms with E-state index in [0.29, 0.717) is 5.69 Å². The second-order valence-electron chi connectivity index (χ2n) is 3.66. The molecule has 0 atom stereocenters. The van der Waals surface area contributed by atoms with E-state index in [1.165, 1.54) is 7.11 Å². The molecule has 2 rings (SSSR count). The lowest BCUT2D eigenvalue weighted by Crippen LogP contribution is -2.22. The predicted molar refractivity (Wildman–Crippen MR) is 61.0 cm³/mol. The van der Waals surface area contributed by atoms with Crippen molar-refractivity contribution in [2.75, 3.05) is 12.8 Å². The minimum absolute atomic E-state index is 0. The highest BCUT2D eigenvalue weighted by atomic mass is 35.5. The van der Waals surface area contributed by atoms with Gasteiger partial charge in [-0.25, -0.2) is 0 Å². The van der Waals surface area contributed by atoms with E-state index in [1.54, 1.807) is 0 Å². The standard InChI is InChI=1S/C11H13NO2.ClH/c1-14-10(13)11(6-7-11)8-4-2-3-5-9(8)12;/h2-5H,6-7,12H2,1H3;1H. The summed E-state index contributed by atoms with van der Waals surface area (Å²) in [5.41, 5.74) is 6.97. The number of para-hydroxylation sites is 1. The second kappa shape index (κ2) is 4.11. The van der Waals surface area contributed by atoms with Crippen LogP contribution in [-0.2, 0) is 14.9 Å². The van der Waals surface area contributed by atoms with Crippen molar-refractivity contribution in [2.45, 2.75) is 18.3 Å². The fourth-order valence-electron chi connectivity index (χ4n) is 1.84. The number of methoxy groups -OCH3 is 1. The van der Waals surface area contributed by atoms with Crippen LogP contribution in [0.4, 0.5) is 5.69 Å². The summed E-state index contributed by atoms with van der Waals surface area (Å²) in [6, 6.07) is 7.48. The number of anilines is 1. The minimum atomic E-state index is -0.444. The van der Waals surface area contributed by atoms with Gasteiger partial charge in [0.2, 0.25) is 0 Å². The first-order valence-corrected chi connectivity index (χ1v) is 4.64. The van der Waals surface area contributed by atoms with E-state index in [0.717, 1.165) is 18.4 Å². The molecule has 1 aromatic carbocycles. The van der Waals surface area contributed by atoms with Crippen LogP contribution in [0.15, 0.2) is 24.3 Å². The average molecular weight is 228 g/mol. The molecule has 0 bridgehead atoms. The maximum Gasteiger partial charge on any atom is 0.316 e. The molecule has 2 N–H and O–H groups in total. The molecule has 0 unspecified atom stereocenters. The molecule has 0 aromatic heterocycles. The summed E-state index contributed by atoms with van der Waals surface area (Å²) < 4.78 is 4.79. The topological polar surface area (TPSA) is 52.3 Å². The third-order valence-electron chi connectivity index (χ3n) is 2.80. The number of hydrogen-bond donors (Lipinski definition) is 1. The third kappa shape index (κ3) is 1.79. The molecule has 4 heteroatoms. The van der Waals surface area contributed by atoms with E-state index < -0.39 is 5.41 Å². The van der Waals surface area contributed by atoms with Gasteiger partial charge < -0.3 is 10.5 Å². The summed E-state index contributed by atoms with van der Waals surface area (Å²) in [7, 11) is 1.42. The first kappa shape index (κ1) is 11.9. The number of esters is 1. The van der Waals surface area contributed by atoms with Crippen LogP contribution in [0, 0.1) is 0 Å². The largest absolute Gasteiger partial charge is 0.468 e. The lowest BCUT2D eigenvalue weighted by Gasteiger charge is -2.14. The molecule has 0 radical (unpaired) electrons. The fourth-order valence-corrected chi connectivity index (χ4v) is 1.84. The Hall–Kier alpha value is -1.22. The molecular formula is C11H14ClNO2. The maximum absolute atomic E-state index is 11.6. The van der Waals surface area contributed by atoms with E-state index >= 15 is 0 Å². The van der Waals surface area contributed by atoms with Gasteiger partial charge in [0, 0.05) is 5.69 Å². The molecule has 82 valence electrons. The van der Waals surface area contributed by atoms with Gasteiger partial charge >= 0.3 is 5.97 Å². The Bertz CT molecular complexity index is 375. The summed E-state index contributed by atoms with van der Waals surface area (Å²) in [4.78, 5) is 11.6. The minimum Gasteiger partial charge on any atom is -0.468 e. The van der Waals surface area contributed by atoms with Crippen LogP contribution in [0.3, 0.4) is 0 Å². The predicted octanol–water partition coefficient (Wildman–Crippen LogP) is 1.90. The highest BCUT2D eigenvalue weighted by Gasteiger charge is 2.53. The van der Waals surface area contributed by atoms with Gasteiger partial charge in [-0.1, -0.05) is 18.2 Å². The van der Waals surface area contributed by atoms with Gasteiger partial charge in [0.25, 0.3) is 0 Å². The normalized spacial score (nSPS) is 16.3. The van der Waals surface area contributed by atoms with Crippen LogP contribution >= 0.6 is 12.4 Å². The lowest BCUT2D eigenvalue weighted by atomic mass is 9.94. The van der Waals surface area contributed by atoms with Gasteiger partial charge in [-0.15, -0.1) is 12.4 Å². The third-order valence-corrected chi connectivity index (χ3v) is 2.80. The van der Waals surface area contributed by atoms with Crippen molar-refractivity contribution in [1.29, 1.82) is 0 Å². The number of nitrogen functional groups attached to an aromatic ring is 1. The van der Waals surface area contributed by atoms with E-state index in [2.05, 4.69) is 0 Å². The molecule has 1 aliphatic carbocycles. The molecule has 1 fully saturated rings. The van der Waals surface area contributed by atoms with Gasteiger partial charge in [0.05, 0.1) is 12.5 Å². The first-order valence-electron chi connectivity index (χ1n) is 4.64. The molecule has 0 spiro atoms. The molecule has 0 aliphatic heterocycles.